The van der Waals surface area contributed by atoms with Gasteiger partial charge in [-0.15, -0.1) is 0 Å². The van der Waals surface area contributed by atoms with Crippen molar-refractivity contribution in [1.29, 1.82) is 0 Å². The average molecular weight is 233 g/mol. The fourth-order valence-corrected chi connectivity index (χ4v) is 1.82. The molecule has 1 heterocycles. The van der Waals surface area contributed by atoms with E-state index in [0.717, 1.165) is 19.1 Å². The number of nitrogens with one attached hydrogen (secondary N) is 1. The number of carbonyl (C=O) groups is 2. The molecule has 1 aliphatic heterocycles. The van der Waals surface area contributed by atoms with Gasteiger partial charge in [0.2, 0.25) is 0 Å². The molecule has 0 atom stereocenters. The Morgan fingerprint density at radius 1 is 1.24 bits per heavy atom. The maximum atomic E-state index is 11.9. The maximum Gasteiger partial charge on any atom is 0.251 e. The van der Waals surface area contributed by atoms with Gasteiger partial charge in [0.15, 0.2) is 0 Å². The number of hydrogen-bond acceptors (Lipinski definition) is 3. The summed E-state index contributed by atoms with van der Waals surface area (Å²) in [6.07, 6.45) is 2.48. The van der Waals surface area contributed by atoms with Gasteiger partial charge in [-0.3, -0.25) is 9.59 Å². The van der Waals surface area contributed by atoms with Crippen molar-refractivity contribution in [3.63, 3.8) is 0 Å². The highest BCUT2D eigenvalue weighted by atomic mass is 16.5. The molecule has 1 fully saturated rings. The van der Waals surface area contributed by atoms with Gasteiger partial charge in [-0.1, -0.05) is 12.1 Å². The zero-order valence-electron chi connectivity index (χ0n) is 9.52. The first-order valence-electron chi connectivity index (χ1n) is 5.73. The van der Waals surface area contributed by atoms with E-state index in [1.807, 2.05) is 0 Å². The summed E-state index contributed by atoms with van der Waals surface area (Å²) in [5, 5.41) is 2.97. The van der Waals surface area contributed by atoms with Crippen LogP contribution in [-0.2, 0) is 4.74 Å². The molecule has 90 valence electrons. The number of amides is 1. The van der Waals surface area contributed by atoms with Gasteiger partial charge < -0.3 is 10.1 Å². The van der Waals surface area contributed by atoms with Gasteiger partial charge in [-0.2, -0.15) is 0 Å². The molecule has 1 saturated heterocycles. The minimum atomic E-state index is -0.0886. The molecular weight excluding hydrogens is 218 g/mol. The third-order valence-electron chi connectivity index (χ3n) is 2.87. The van der Waals surface area contributed by atoms with E-state index in [0.29, 0.717) is 24.3 Å². The van der Waals surface area contributed by atoms with E-state index in [2.05, 4.69) is 5.32 Å². The first kappa shape index (κ1) is 11.8. The molecule has 4 heteroatoms. The van der Waals surface area contributed by atoms with E-state index in [1.54, 1.807) is 24.3 Å². The van der Waals surface area contributed by atoms with Crippen molar-refractivity contribution < 1.29 is 14.3 Å². The third-order valence-corrected chi connectivity index (χ3v) is 2.87. The van der Waals surface area contributed by atoms with E-state index in [9.17, 15) is 9.59 Å². The molecule has 1 amide bonds. The highest BCUT2D eigenvalue weighted by molar-refractivity contribution is 5.95. The fourth-order valence-electron chi connectivity index (χ4n) is 1.82. The Hall–Kier alpha value is -1.68. The van der Waals surface area contributed by atoms with Crippen molar-refractivity contribution in [2.24, 2.45) is 0 Å². The molecule has 0 saturated carbocycles. The molecule has 0 aliphatic carbocycles. The lowest BCUT2D eigenvalue weighted by molar-refractivity contribution is 0.0696. The Morgan fingerprint density at radius 3 is 2.47 bits per heavy atom. The number of aldehydes is 1. The molecule has 0 radical (unpaired) electrons. The molecule has 1 N–H and O–H groups in total. The zero-order valence-corrected chi connectivity index (χ0v) is 9.52. The lowest BCUT2D eigenvalue weighted by Crippen LogP contribution is -2.38. The highest BCUT2D eigenvalue weighted by Gasteiger charge is 2.16. The van der Waals surface area contributed by atoms with E-state index < -0.39 is 0 Å². The summed E-state index contributed by atoms with van der Waals surface area (Å²) < 4.78 is 5.23. The molecule has 0 unspecified atom stereocenters. The van der Waals surface area contributed by atoms with Crippen LogP contribution in [0.3, 0.4) is 0 Å². The first-order valence-corrected chi connectivity index (χ1v) is 5.73. The second-order valence-corrected chi connectivity index (χ2v) is 4.10. The van der Waals surface area contributed by atoms with Crippen LogP contribution in [0.4, 0.5) is 0 Å². The minimum absolute atomic E-state index is 0.0886. The second kappa shape index (κ2) is 5.59. The van der Waals surface area contributed by atoms with Crippen LogP contribution in [0, 0.1) is 0 Å². The molecule has 0 bridgehead atoms. The van der Waals surface area contributed by atoms with Crippen molar-refractivity contribution in [1.82, 2.24) is 5.32 Å². The number of carbonyl (C=O) groups excluding carboxylic acids is 2. The van der Waals surface area contributed by atoms with Crippen molar-refractivity contribution in [3.05, 3.63) is 35.4 Å². The number of benzene rings is 1. The molecular formula is C13H15NO3. The van der Waals surface area contributed by atoms with E-state index >= 15 is 0 Å². The Labute approximate surface area is 100.0 Å². The monoisotopic (exact) mass is 233 g/mol. The summed E-state index contributed by atoms with van der Waals surface area (Å²) >= 11 is 0. The zero-order chi connectivity index (χ0) is 12.1. The van der Waals surface area contributed by atoms with Crippen LogP contribution in [0.25, 0.3) is 0 Å². The van der Waals surface area contributed by atoms with Crippen LogP contribution >= 0.6 is 0 Å². The summed E-state index contributed by atoms with van der Waals surface area (Å²) in [6, 6.07) is 6.82. The van der Waals surface area contributed by atoms with Gasteiger partial charge in [0.25, 0.3) is 5.91 Å². The average Bonchev–Trinajstić information content (AvgIpc) is 2.40. The number of rotatable bonds is 3. The minimum Gasteiger partial charge on any atom is -0.381 e. The van der Waals surface area contributed by atoms with E-state index in [1.165, 1.54) is 0 Å². The Morgan fingerprint density at radius 2 is 1.88 bits per heavy atom. The highest BCUT2D eigenvalue weighted by Crippen LogP contribution is 2.08. The number of hydrogen-bond donors (Lipinski definition) is 1. The smallest absolute Gasteiger partial charge is 0.251 e. The van der Waals surface area contributed by atoms with Crippen molar-refractivity contribution in [3.8, 4) is 0 Å². The molecule has 1 aromatic rings. The normalized spacial score (nSPS) is 16.5. The van der Waals surface area contributed by atoms with E-state index in [4.69, 9.17) is 4.74 Å². The van der Waals surface area contributed by atoms with Crippen LogP contribution in [0.1, 0.15) is 33.6 Å². The summed E-state index contributed by atoms with van der Waals surface area (Å²) in [7, 11) is 0. The van der Waals surface area contributed by atoms with Crippen LogP contribution in [-0.4, -0.2) is 31.4 Å². The Kier molecular flexibility index (Phi) is 3.88. The van der Waals surface area contributed by atoms with Crippen LogP contribution in [0.15, 0.2) is 24.3 Å². The maximum absolute atomic E-state index is 11.9. The predicted molar refractivity (Wildman–Crippen MR) is 63.1 cm³/mol. The number of ether oxygens (including phenoxy) is 1. The van der Waals surface area contributed by atoms with Gasteiger partial charge in [0.1, 0.15) is 6.29 Å². The summed E-state index contributed by atoms with van der Waals surface area (Å²) in [5.74, 6) is -0.0886. The van der Waals surface area contributed by atoms with Gasteiger partial charge in [-0.05, 0) is 25.0 Å². The fraction of sp³-hybridized carbons (Fsp3) is 0.385. The molecule has 0 spiro atoms. The van der Waals surface area contributed by atoms with Crippen LogP contribution in [0.2, 0.25) is 0 Å². The largest absolute Gasteiger partial charge is 0.381 e. The molecule has 4 nitrogen and oxygen atoms in total. The Bertz CT molecular complexity index is 394. The van der Waals surface area contributed by atoms with Crippen LogP contribution < -0.4 is 5.32 Å². The van der Waals surface area contributed by atoms with E-state index in [-0.39, 0.29) is 11.9 Å². The Balaban J connectivity index is 1.95. The molecule has 1 aromatic carbocycles. The second-order valence-electron chi connectivity index (χ2n) is 4.10. The quantitative estimate of drug-likeness (QED) is 0.803. The summed E-state index contributed by atoms with van der Waals surface area (Å²) in [4.78, 5) is 22.4. The topological polar surface area (TPSA) is 55.4 Å². The van der Waals surface area contributed by atoms with Gasteiger partial charge >= 0.3 is 0 Å². The van der Waals surface area contributed by atoms with Gasteiger partial charge in [-0.25, -0.2) is 0 Å². The van der Waals surface area contributed by atoms with Gasteiger partial charge in [0.05, 0.1) is 0 Å². The predicted octanol–water partition coefficient (Wildman–Crippen LogP) is 1.41. The van der Waals surface area contributed by atoms with Crippen molar-refractivity contribution in [2.45, 2.75) is 18.9 Å². The molecule has 1 aliphatic rings. The van der Waals surface area contributed by atoms with Crippen molar-refractivity contribution >= 4 is 12.2 Å². The summed E-state index contributed by atoms with van der Waals surface area (Å²) in [5.41, 5.74) is 1.16. The SMILES string of the molecule is O=Cc1ccc(C(=O)NC2CCOCC2)cc1. The summed E-state index contributed by atoms with van der Waals surface area (Å²) in [6.45, 7) is 1.41. The molecule has 17 heavy (non-hydrogen) atoms. The molecule has 2 rings (SSSR count). The standard InChI is InChI=1S/C13H15NO3/c15-9-10-1-3-11(4-2-10)13(16)14-12-5-7-17-8-6-12/h1-4,9,12H,5-8H2,(H,14,16). The molecule has 0 aromatic heterocycles. The first-order chi connectivity index (χ1) is 8.29. The van der Waals surface area contributed by atoms with Crippen molar-refractivity contribution in [2.75, 3.05) is 13.2 Å². The lowest BCUT2D eigenvalue weighted by atomic mass is 10.1. The third kappa shape index (κ3) is 3.14. The van der Waals surface area contributed by atoms with Gasteiger partial charge in [0, 0.05) is 30.4 Å². The lowest BCUT2D eigenvalue weighted by Gasteiger charge is -2.23. The van der Waals surface area contributed by atoms with Crippen LogP contribution in [0.5, 0.6) is 0 Å².